The van der Waals surface area contributed by atoms with E-state index in [9.17, 15) is 18.4 Å². The number of aromatic nitrogens is 3. The van der Waals surface area contributed by atoms with Crippen molar-refractivity contribution in [2.24, 2.45) is 13.0 Å². The first-order valence-corrected chi connectivity index (χ1v) is 14.0. The molecule has 12 heteroatoms. The van der Waals surface area contributed by atoms with Gasteiger partial charge in [-0.2, -0.15) is 5.10 Å². The van der Waals surface area contributed by atoms with E-state index in [4.69, 9.17) is 16.3 Å². The maximum atomic E-state index is 14.0. The fraction of sp³-hybridized carbons (Fsp3) is 0.448. The molecular formula is C29H31ClF2N6O3. The number of rotatable bonds is 7. The van der Waals surface area contributed by atoms with Crippen LogP contribution in [0.3, 0.4) is 0 Å². The number of aryl methyl sites for hydroxylation is 1. The Morgan fingerprint density at radius 3 is 2.61 bits per heavy atom. The first-order chi connectivity index (χ1) is 19.7. The van der Waals surface area contributed by atoms with Gasteiger partial charge in [0.05, 0.1) is 29.6 Å². The summed E-state index contributed by atoms with van der Waals surface area (Å²) in [5.41, 5.74) is 1.51. The van der Waals surface area contributed by atoms with E-state index >= 15 is 0 Å². The molecule has 0 radical (unpaired) electrons. The first kappa shape index (κ1) is 27.4. The number of ether oxygens (including phenoxy) is 1. The molecule has 1 saturated carbocycles. The van der Waals surface area contributed by atoms with E-state index in [1.165, 1.54) is 6.07 Å². The van der Waals surface area contributed by atoms with Crippen molar-refractivity contribution in [2.75, 3.05) is 36.5 Å². The molecule has 216 valence electrons. The van der Waals surface area contributed by atoms with E-state index < -0.39 is 23.4 Å². The Balaban J connectivity index is 1.12. The monoisotopic (exact) mass is 584 g/mol. The summed E-state index contributed by atoms with van der Waals surface area (Å²) in [6.07, 6.45) is 4.96. The lowest BCUT2D eigenvalue weighted by Gasteiger charge is -2.47. The van der Waals surface area contributed by atoms with Gasteiger partial charge >= 0.3 is 0 Å². The molecule has 2 aliphatic heterocycles. The van der Waals surface area contributed by atoms with Crippen LogP contribution in [0.4, 0.5) is 20.2 Å². The molecular weight excluding hydrogens is 554 g/mol. The van der Waals surface area contributed by atoms with Crippen LogP contribution in [0, 0.1) is 5.92 Å². The van der Waals surface area contributed by atoms with Crippen LogP contribution in [0.5, 0.6) is 5.75 Å². The largest absolute Gasteiger partial charge is 0.497 e. The number of alkyl halides is 2. The van der Waals surface area contributed by atoms with Crippen molar-refractivity contribution in [3.8, 4) is 5.75 Å². The van der Waals surface area contributed by atoms with E-state index in [1.807, 2.05) is 42.5 Å². The molecule has 41 heavy (non-hydrogen) atoms. The summed E-state index contributed by atoms with van der Waals surface area (Å²) in [7, 11) is 3.50. The first-order valence-electron chi connectivity index (χ1n) is 13.7. The summed E-state index contributed by atoms with van der Waals surface area (Å²) >= 11 is 5.91. The van der Waals surface area contributed by atoms with Crippen molar-refractivity contribution in [2.45, 2.75) is 43.6 Å². The molecule has 1 spiro atoms. The molecule has 1 saturated heterocycles. The minimum atomic E-state index is -2.88. The Morgan fingerprint density at radius 2 is 1.95 bits per heavy atom. The summed E-state index contributed by atoms with van der Waals surface area (Å²) in [6, 6.07) is 6.92. The molecule has 4 heterocycles. The third-order valence-electron chi connectivity index (χ3n) is 8.60. The molecule has 0 bridgehead atoms. The van der Waals surface area contributed by atoms with Gasteiger partial charge in [-0.05, 0) is 61.4 Å². The minimum Gasteiger partial charge on any atom is -0.497 e. The highest BCUT2D eigenvalue weighted by molar-refractivity contribution is 6.30. The molecule has 2 aromatic heterocycles. The Hall–Kier alpha value is -3.73. The summed E-state index contributed by atoms with van der Waals surface area (Å²) < 4.78 is 34.0. The number of halogens is 3. The van der Waals surface area contributed by atoms with Crippen LogP contribution in [-0.4, -0.2) is 59.4 Å². The molecule has 3 aliphatic rings. The highest BCUT2D eigenvalue weighted by atomic mass is 35.5. The summed E-state index contributed by atoms with van der Waals surface area (Å²) in [5, 5.41) is 7.28. The maximum Gasteiger partial charge on any atom is 0.281 e. The third kappa shape index (κ3) is 4.90. The molecule has 0 unspecified atom stereocenters. The van der Waals surface area contributed by atoms with Gasteiger partial charge in [0.25, 0.3) is 12.3 Å². The number of methoxy groups -OCH3 is 1. The van der Waals surface area contributed by atoms with Crippen molar-refractivity contribution in [3.05, 3.63) is 64.7 Å². The van der Waals surface area contributed by atoms with Gasteiger partial charge in [0.1, 0.15) is 16.9 Å². The van der Waals surface area contributed by atoms with E-state index in [0.717, 1.165) is 41.7 Å². The lowest BCUT2D eigenvalue weighted by atomic mass is 9.74. The zero-order valence-corrected chi connectivity index (χ0v) is 23.6. The van der Waals surface area contributed by atoms with Crippen LogP contribution in [0.2, 0.25) is 5.02 Å². The second-order valence-electron chi connectivity index (χ2n) is 11.2. The average molecular weight is 585 g/mol. The van der Waals surface area contributed by atoms with Crippen molar-refractivity contribution in [1.29, 1.82) is 0 Å². The summed E-state index contributed by atoms with van der Waals surface area (Å²) in [4.78, 5) is 34.6. The third-order valence-corrected chi connectivity index (χ3v) is 8.81. The highest BCUT2D eigenvalue weighted by Gasteiger charge is 2.58. The van der Waals surface area contributed by atoms with Crippen molar-refractivity contribution < 1.29 is 23.1 Å². The highest BCUT2D eigenvalue weighted by Crippen LogP contribution is 2.50. The number of anilines is 2. The average Bonchev–Trinajstić information content (AvgIpc) is 3.46. The zero-order valence-electron chi connectivity index (χ0n) is 22.8. The normalized spacial score (nSPS) is 21.3. The number of amides is 2. The fourth-order valence-electron chi connectivity index (χ4n) is 6.41. The topological polar surface area (TPSA) is 92.6 Å². The van der Waals surface area contributed by atoms with Crippen LogP contribution < -0.4 is 19.9 Å². The Morgan fingerprint density at radius 1 is 1.20 bits per heavy atom. The van der Waals surface area contributed by atoms with Crippen LogP contribution in [0.1, 0.15) is 53.7 Å². The van der Waals surface area contributed by atoms with Gasteiger partial charge in [0, 0.05) is 50.8 Å². The summed E-state index contributed by atoms with van der Waals surface area (Å²) in [6.45, 7) is 1.74. The number of fused-ring (bicyclic) bond motifs is 2. The molecule has 1 N–H and O–H groups in total. The molecule has 1 aliphatic carbocycles. The van der Waals surface area contributed by atoms with Gasteiger partial charge in [0.15, 0.2) is 0 Å². The quantitative estimate of drug-likeness (QED) is 0.439. The van der Waals surface area contributed by atoms with E-state index in [0.29, 0.717) is 32.5 Å². The second-order valence-corrected chi connectivity index (χ2v) is 11.6. The lowest BCUT2D eigenvalue weighted by molar-refractivity contribution is -0.124. The van der Waals surface area contributed by atoms with E-state index in [-0.39, 0.29) is 28.5 Å². The fourth-order valence-corrected chi connectivity index (χ4v) is 6.56. The van der Waals surface area contributed by atoms with Crippen LogP contribution >= 0.6 is 11.6 Å². The predicted octanol–water partition coefficient (Wildman–Crippen LogP) is 4.51. The van der Waals surface area contributed by atoms with E-state index in [2.05, 4.69) is 20.3 Å². The zero-order chi connectivity index (χ0) is 28.9. The van der Waals surface area contributed by atoms with Gasteiger partial charge in [-0.3, -0.25) is 19.3 Å². The lowest BCUT2D eigenvalue weighted by Crippen LogP contribution is -2.64. The smallest absolute Gasteiger partial charge is 0.281 e. The molecule has 3 aromatic rings. The van der Waals surface area contributed by atoms with Crippen molar-refractivity contribution in [3.63, 3.8) is 0 Å². The number of carbonyl (C=O) groups is 2. The number of carbonyl (C=O) groups excluding carboxylic acids is 2. The standard InChI is InChI=1S/C29H31ClF2N6O3/c1-36-14-20(12-34-36)37-15-29(16-37)23-10-21(41-2)7-8-24(23)38(28(29)40)13-17-3-5-19(6-4-17)35-27(39)22-9-18(30)11-33-25(22)26(31)32/h7-12,14,17,19,26H,3-6,13,15-16H2,1-2H3,(H,35,39). The number of hydrogen-bond acceptors (Lipinski definition) is 6. The Bertz CT molecular complexity index is 1480. The van der Waals surface area contributed by atoms with Gasteiger partial charge in [-0.25, -0.2) is 8.78 Å². The molecule has 0 atom stereocenters. The second kappa shape index (κ2) is 10.6. The number of nitrogens with one attached hydrogen (secondary N) is 1. The number of pyridine rings is 1. The SMILES string of the molecule is COc1ccc2c(c1)C1(CN(c3cnn(C)c3)C1)C(=O)N2CC1CCC(NC(=O)c2cc(Cl)cnc2C(F)F)CC1. The van der Waals surface area contributed by atoms with E-state index in [1.54, 1.807) is 11.8 Å². The molecule has 2 amide bonds. The molecule has 6 rings (SSSR count). The summed E-state index contributed by atoms with van der Waals surface area (Å²) in [5.74, 6) is 0.473. The van der Waals surface area contributed by atoms with Crippen LogP contribution in [0.15, 0.2) is 42.9 Å². The van der Waals surface area contributed by atoms with Gasteiger partial charge < -0.3 is 19.9 Å². The van der Waals surface area contributed by atoms with Crippen LogP contribution in [-0.2, 0) is 17.3 Å². The van der Waals surface area contributed by atoms with Gasteiger partial charge in [0.2, 0.25) is 5.91 Å². The minimum absolute atomic E-state index is 0.101. The Labute approximate surface area is 241 Å². The van der Waals surface area contributed by atoms with Gasteiger partial charge in [-0.1, -0.05) is 11.6 Å². The molecule has 1 aromatic carbocycles. The van der Waals surface area contributed by atoms with Crippen molar-refractivity contribution >= 4 is 34.8 Å². The number of benzene rings is 1. The Kier molecular flexibility index (Phi) is 7.09. The number of nitrogens with zero attached hydrogens (tertiary/aromatic N) is 5. The molecule has 9 nitrogen and oxygen atoms in total. The van der Waals surface area contributed by atoms with Gasteiger partial charge in [-0.15, -0.1) is 0 Å². The van der Waals surface area contributed by atoms with Crippen LogP contribution in [0.25, 0.3) is 0 Å². The molecule has 2 fully saturated rings. The number of hydrogen-bond donors (Lipinski definition) is 1. The predicted molar refractivity (Wildman–Crippen MR) is 150 cm³/mol. The van der Waals surface area contributed by atoms with Crippen molar-refractivity contribution in [1.82, 2.24) is 20.1 Å². The maximum absolute atomic E-state index is 14.0.